The molecule has 3 N–H and O–H groups in total. The summed E-state index contributed by atoms with van der Waals surface area (Å²) in [6.45, 7) is 2.22. The molecule has 1 fully saturated rings. The maximum atomic E-state index is 13.5. The largest absolute Gasteiger partial charge is 0.507 e. The number of phenols is 1. The van der Waals surface area contributed by atoms with Crippen molar-refractivity contribution in [2.24, 2.45) is 17.8 Å². The van der Waals surface area contributed by atoms with Crippen LogP contribution in [0, 0.1) is 17.8 Å². The van der Waals surface area contributed by atoms with Crippen molar-refractivity contribution in [1.82, 2.24) is 4.90 Å². The fourth-order valence-corrected chi connectivity index (χ4v) is 6.64. The van der Waals surface area contributed by atoms with E-state index in [9.17, 15) is 24.9 Å². The van der Waals surface area contributed by atoms with Gasteiger partial charge in [-0.25, -0.2) is 0 Å². The molecule has 1 aromatic heterocycles. The molecular weight excluding hydrogens is 502 g/mol. The van der Waals surface area contributed by atoms with Crippen molar-refractivity contribution in [3.63, 3.8) is 0 Å². The number of phenolic OH excluding ortho intramolecular Hbond substituents is 1. The topological polar surface area (TPSA) is 107 Å². The van der Waals surface area contributed by atoms with Crippen LogP contribution in [0.1, 0.15) is 49.5 Å². The van der Waals surface area contributed by atoms with Gasteiger partial charge in [0.2, 0.25) is 11.8 Å². The number of thiophene rings is 1. The van der Waals surface area contributed by atoms with Crippen molar-refractivity contribution in [3.05, 3.63) is 68.9 Å². The van der Waals surface area contributed by atoms with Crippen LogP contribution >= 0.6 is 11.3 Å². The van der Waals surface area contributed by atoms with E-state index in [0.717, 1.165) is 34.4 Å². The van der Waals surface area contributed by atoms with Crippen molar-refractivity contribution in [2.45, 2.75) is 51.7 Å². The SMILES string of the molecule is CCC/C(=C\c1ccccc1O)CC[C@@H](O)C1=C(COC)C[C@H]2C(=O)N(Cc3cccs3)C(=O)[C@H]2[C@H]1CO. The monoisotopic (exact) mass is 539 g/mol. The number of carbonyl (C=O) groups excluding carboxylic acids is 2. The number of amides is 2. The first-order valence-corrected chi connectivity index (χ1v) is 14.1. The van der Waals surface area contributed by atoms with Gasteiger partial charge < -0.3 is 20.1 Å². The van der Waals surface area contributed by atoms with Crippen LogP contribution in [-0.2, 0) is 20.9 Å². The van der Waals surface area contributed by atoms with Crippen molar-refractivity contribution >= 4 is 29.2 Å². The molecule has 2 amide bonds. The number of nitrogens with zero attached hydrogens (tertiary/aromatic N) is 1. The predicted octanol–water partition coefficient (Wildman–Crippen LogP) is 4.53. The summed E-state index contributed by atoms with van der Waals surface area (Å²) in [5.74, 6) is -2.18. The van der Waals surface area contributed by atoms with Crippen LogP contribution in [0.5, 0.6) is 5.75 Å². The molecule has 1 aliphatic heterocycles. The van der Waals surface area contributed by atoms with Crippen LogP contribution in [0.2, 0.25) is 0 Å². The third kappa shape index (κ3) is 5.94. The maximum absolute atomic E-state index is 13.5. The highest BCUT2D eigenvalue weighted by Gasteiger charge is 2.54. The van der Waals surface area contributed by atoms with Crippen LogP contribution in [0.25, 0.3) is 6.08 Å². The molecular formula is C30H37NO6S. The Morgan fingerprint density at radius 3 is 2.63 bits per heavy atom. The van der Waals surface area contributed by atoms with Crippen molar-refractivity contribution < 1.29 is 29.6 Å². The molecule has 0 spiro atoms. The second-order valence-electron chi connectivity index (χ2n) is 10.1. The summed E-state index contributed by atoms with van der Waals surface area (Å²) in [7, 11) is 1.57. The average molecular weight is 540 g/mol. The number of fused-ring (bicyclic) bond motifs is 1. The van der Waals surface area contributed by atoms with Crippen molar-refractivity contribution in [1.29, 1.82) is 0 Å². The molecule has 1 saturated heterocycles. The lowest BCUT2D eigenvalue weighted by molar-refractivity contribution is -0.140. The average Bonchev–Trinajstić information content (AvgIpc) is 3.51. The summed E-state index contributed by atoms with van der Waals surface area (Å²) in [6, 6.07) is 10.9. The first-order chi connectivity index (χ1) is 18.4. The van der Waals surface area contributed by atoms with Gasteiger partial charge in [-0.2, -0.15) is 0 Å². The summed E-state index contributed by atoms with van der Waals surface area (Å²) in [4.78, 5) is 29.1. The fraction of sp³-hybridized carbons (Fsp3) is 0.467. The molecule has 0 saturated carbocycles. The Morgan fingerprint density at radius 1 is 1.18 bits per heavy atom. The number of hydrogen-bond donors (Lipinski definition) is 3. The quantitative estimate of drug-likeness (QED) is 0.270. The predicted molar refractivity (Wildman–Crippen MR) is 147 cm³/mol. The third-order valence-corrected chi connectivity index (χ3v) is 8.51. The zero-order valence-corrected chi connectivity index (χ0v) is 22.8. The number of benzene rings is 1. The normalized spacial score (nSPS) is 22.8. The number of imide groups is 1. The number of aliphatic hydroxyl groups is 2. The van der Waals surface area contributed by atoms with Gasteiger partial charge in [-0.3, -0.25) is 14.5 Å². The summed E-state index contributed by atoms with van der Waals surface area (Å²) >= 11 is 1.50. The van der Waals surface area contributed by atoms with E-state index in [1.807, 2.05) is 35.7 Å². The Morgan fingerprint density at radius 2 is 1.97 bits per heavy atom. The van der Waals surface area contributed by atoms with Gasteiger partial charge in [0, 0.05) is 23.5 Å². The molecule has 204 valence electrons. The summed E-state index contributed by atoms with van der Waals surface area (Å²) < 4.78 is 5.44. The lowest BCUT2D eigenvalue weighted by atomic mass is 9.68. The van der Waals surface area contributed by atoms with Crippen LogP contribution in [-0.4, -0.2) is 58.5 Å². The minimum Gasteiger partial charge on any atom is -0.507 e. The smallest absolute Gasteiger partial charge is 0.234 e. The first-order valence-electron chi connectivity index (χ1n) is 13.2. The van der Waals surface area contributed by atoms with E-state index in [2.05, 4.69) is 6.92 Å². The number of methoxy groups -OCH3 is 1. The molecule has 0 unspecified atom stereocenters. The molecule has 38 heavy (non-hydrogen) atoms. The molecule has 1 aromatic carbocycles. The molecule has 8 heteroatoms. The number of likely N-dealkylation sites (tertiary alicyclic amines) is 1. The van der Waals surface area contributed by atoms with E-state index >= 15 is 0 Å². The zero-order valence-electron chi connectivity index (χ0n) is 22.0. The van der Waals surface area contributed by atoms with Gasteiger partial charge in [0.1, 0.15) is 5.75 Å². The number of ether oxygens (including phenoxy) is 1. The van der Waals surface area contributed by atoms with Gasteiger partial charge in [0.15, 0.2) is 0 Å². The highest BCUT2D eigenvalue weighted by Crippen LogP contribution is 2.46. The molecule has 7 nitrogen and oxygen atoms in total. The Labute approximate surface area is 228 Å². The van der Waals surface area contributed by atoms with Crippen LogP contribution < -0.4 is 0 Å². The van der Waals surface area contributed by atoms with Gasteiger partial charge in [0.25, 0.3) is 0 Å². The summed E-state index contributed by atoms with van der Waals surface area (Å²) in [6.07, 6.45) is 4.15. The van der Waals surface area contributed by atoms with Crippen LogP contribution in [0.15, 0.2) is 58.5 Å². The molecule has 1 aliphatic carbocycles. The van der Waals surface area contributed by atoms with Gasteiger partial charge >= 0.3 is 0 Å². The van der Waals surface area contributed by atoms with Crippen molar-refractivity contribution in [3.8, 4) is 5.75 Å². The summed E-state index contributed by atoms with van der Waals surface area (Å²) in [5, 5.41) is 34.0. The van der Waals surface area contributed by atoms with Gasteiger partial charge in [-0.05, 0) is 54.3 Å². The van der Waals surface area contributed by atoms with Gasteiger partial charge in [-0.1, -0.05) is 49.3 Å². The lowest BCUT2D eigenvalue weighted by Gasteiger charge is -2.36. The Balaban J connectivity index is 1.57. The highest BCUT2D eigenvalue weighted by atomic mass is 32.1. The molecule has 2 heterocycles. The number of para-hydroxylation sites is 1. The zero-order chi connectivity index (χ0) is 27.2. The van der Waals surface area contributed by atoms with E-state index in [4.69, 9.17) is 4.74 Å². The molecule has 2 aliphatic rings. The molecule has 2 aromatic rings. The third-order valence-electron chi connectivity index (χ3n) is 7.65. The Hall–Kier alpha value is -2.78. The molecule has 0 bridgehead atoms. The molecule has 0 radical (unpaired) electrons. The second kappa shape index (κ2) is 12.8. The van der Waals surface area contributed by atoms with Gasteiger partial charge in [0.05, 0.1) is 37.7 Å². The van der Waals surface area contributed by atoms with E-state index in [1.165, 1.54) is 16.2 Å². The first kappa shape index (κ1) is 28.2. The number of rotatable bonds is 12. The van der Waals surface area contributed by atoms with Crippen molar-refractivity contribution in [2.75, 3.05) is 20.3 Å². The maximum Gasteiger partial charge on any atom is 0.234 e. The fourth-order valence-electron chi connectivity index (χ4n) is 5.94. The highest BCUT2D eigenvalue weighted by molar-refractivity contribution is 7.09. The summed E-state index contributed by atoms with van der Waals surface area (Å²) in [5.41, 5.74) is 3.26. The molecule has 4 atom stereocenters. The van der Waals surface area contributed by atoms with E-state index in [0.29, 0.717) is 24.8 Å². The minimum absolute atomic E-state index is 0.210. The van der Waals surface area contributed by atoms with Crippen LogP contribution in [0.4, 0.5) is 0 Å². The van der Waals surface area contributed by atoms with E-state index in [-0.39, 0.29) is 37.3 Å². The van der Waals surface area contributed by atoms with Gasteiger partial charge in [-0.15, -0.1) is 11.3 Å². The number of aliphatic hydroxyl groups excluding tert-OH is 2. The van der Waals surface area contributed by atoms with Crippen LogP contribution in [0.3, 0.4) is 0 Å². The lowest BCUT2D eigenvalue weighted by Crippen LogP contribution is -2.39. The Kier molecular flexibility index (Phi) is 9.54. The number of carbonyl (C=O) groups is 2. The van der Waals surface area contributed by atoms with E-state index < -0.39 is 23.9 Å². The Bertz CT molecular complexity index is 1190. The number of aromatic hydroxyl groups is 1. The molecule has 4 rings (SSSR count). The standard InChI is InChI=1S/C30H37NO6S/c1-3-7-19(14-20-8-4-5-10-25(20)33)11-12-26(34)27-21(18-37-2)15-23-28(24(27)17-32)30(36)31(29(23)35)16-22-9-6-13-38-22/h4-6,8-10,13-14,23-24,26,28,32-34H,3,7,11-12,15-18H2,1-2H3/b19-14+/t23-,24+,26-,28-/m1/s1. The second-order valence-corrected chi connectivity index (χ2v) is 11.2. The minimum atomic E-state index is -0.892. The number of hydrogen-bond acceptors (Lipinski definition) is 7. The number of allylic oxidation sites excluding steroid dienone is 1. The van der Waals surface area contributed by atoms with E-state index in [1.54, 1.807) is 19.2 Å².